The molecule has 2 saturated carbocycles. The number of fused-ring (bicyclic) bond motifs is 9. The average Bonchev–Trinajstić information content (AvgIpc) is 3.72. The number of benzene rings is 3. The topological polar surface area (TPSA) is 113 Å². The molecule has 204 valence electrons. The predicted molar refractivity (Wildman–Crippen MR) is 156 cm³/mol. The molecule has 1 aromatic heterocycles. The SMILES string of the molecule is O=C1[C@H]2[C@H]3C[C@@H]([C@@H]2C(=O)N1c1ccc([N+](=O)[O-])cc1)[C@H]1[C@H](c2ccc(-c4ccccc4)cc2)c2sc(=O)[nH]c2S[C@H]31. The summed E-state index contributed by atoms with van der Waals surface area (Å²) in [7, 11) is 0. The molecule has 0 spiro atoms. The van der Waals surface area contributed by atoms with E-state index in [-0.39, 0.29) is 51.3 Å². The molecule has 2 bridgehead atoms. The number of non-ortho nitro benzene ring substituents is 1. The summed E-state index contributed by atoms with van der Waals surface area (Å²) in [4.78, 5) is 56.0. The van der Waals surface area contributed by atoms with Gasteiger partial charge in [0.25, 0.3) is 5.69 Å². The van der Waals surface area contributed by atoms with Crippen LogP contribution in [0, 0.1) is 39.7 Å². The Bertz CT molecular complexity index is 1780. The number of nitro groups is 1. The maximum atomic E-state index is 13.9. The lowest BCUT2D eigenvalue weighted by Crippen LogP contribution is -2.42. The minimum Gasteiger partial charge on any atom is -0.307 e. The molecule has 0 radical (unpaired) electrons. The molecule has 7 atom stereocenters. The Balaban J connectivity index is 1.17. The van der Waals surface area contributed by atoms with E-state index < -0.39 is 16.8 Å². The first-order valence-corrected chi connectivity index (χ1v) is 15.3. The molecule has 8 nitrogen and oxygen atoms in total. The number of thioether (sulfide) groups is 1. The van der Waals surface area contributed by atoms with Crippen molar-refractivity contribution < 1.29 is 14.5 Å². The zero-order valence-corrected chi connectivity index (χ0v) is 23.1. The number of imide groups is 1. The first-order chi connectivity index (χ1) is 19.9. The van der Waals surface area contributed by atoms with Crippen LogP contribution in [-0.4, -0.2) is 27.0 Å². The van der Waals surface area contributed by atoms with Crippen LogP contribution in [0.5, 0.6) is 0 Å². The largest absolute Gasteiger partial charge is 0.307 e. The van der Waals surface area contributed by atoms with E-state index in [4.69, 9.17) is 0 Å². The number of H-pyrrole nitrogens is 1. The highest BCUT2D eigenvalue weighted by atomic mass is 32.2. The molecule has 4 aliphatic rings. The zero-order chi connectivity index (χ0) is 28.0. The van der Waals surface area contributed by atoms with Crippen molar-refractivity contribution in [2.24, 2.45) is 29.6 Å². The van der Waals surface area contributed by atoms with Gasteiger partial charge < -0.3 is 4.98 Å². The Morgan fingerprint density at radius 3 is 2.17 bits per heavy atom. The molecule has 1 N–H and O–H groups in total. The number of hydrogen-bond acceptors (Lipinski definition) is 7. The van der Waals surface area contributed by atoms with Gasteiger partial charge in [-0.25, -0.2) is 0 Å². The van der Waals surface area contributed by atoms with E-state index in [9.17, 15) is 24.5 Å². The van der Waals surface area contributed by atoms with E-state index in [2.05, 4.69) is 41.4 Å². The van der Waals surface area contributed by atoms with Crippen LogP contribution < -0.4 is 9.77 Å². The molecule has 2 aliphatic carbocycles. The number of nitro benzene ring substituents is 1. The van der Waals surface area contributed by atoms with Gasteiger partial charge in [-0.3, -0.25) is 29.4 Å². The van der Waals surface area contributed by atoms with Gasteiger partial charge in [-0.2, -0.15) is 0 Å². The van der Waals surface area contributed by atoms with E-state index in [1.54, 1.807) is 11.8 Å². The van der Waals surface area contributed by atoms with Gasteiger partial charge >= 0.3 is 4.87 Å². The molecule has 8 rings (SSSR count). The van der Waals surface area contributed by atoms with Crippen LogP contribution in [0.3, 0.4) is 0 Å². The lowest BCUT2D eigenvalue weighted by Gasteiger charge is -2.43. The van der Waals surface area contributed by atoms with Crippen molar-refractivity contribution in [1.29, 1.82) is 0 Å². The smallest absolute Gasteiger partial charge is 0.305 e. The number of rotatable bonds is 4. The standard InChI is InChI=1S/C31H23N3O5S2/c35-29-24-20-14-21(25(24)30(36)33(29)18-10-12-19(13-11-18)34(38)39)26-23(20)22(27-28(40-26)32-31(37)41-27)17-8-6-16(7-9-17)15-4-2-1-3-5-15/h1-13,20-26H,14H2,(H,32,37)/t20-,21-,22+,23+,24+,25+,26-/m1/s1. The number of nitrogens with one attached hydrogen (secondary N) is 1. The van der Waals surface area contributed by atoms with Crippen LogP contribution >= 0.6 is 23.1 Å². The van der Waals surface area contributed by atoms with E-state index in [1.807, 2.05) is 18.2 Å². The van der Waals surface area contributed by atoms with Crippen molar-refractivity contribution in [2.45, 2.75) is 22.6 Å². The average molecular weight is 582 g/mol. The highest BCUT2D eigenvalue weighted by Gasteiger charge is 2.69. The maximum Gasteiger partial charge on any atom is 0.305 e. The first-order valence-electron chi connectivity index (χ1n) is 13.6. The van der Waals surface area contributed by atoms with Gasteiger partial charge in [0.05, 0.1) is 27.5 Å². The Hall–Kier alpha value is -4.02. The van der Waals surface area contributed by atoms with E-state index in [0.29, 0.717) is 5.69 Å². The summed E-state index contributed by atoms with van der Waals surface area (Å²) in [6.45, 7) is 0. The molecule has 3 heterocycles. The maximum absolute atomic E-state index is 13.9. The molecular weight excluding hydrogens is 558 g/mol. The highest BCUT2D eigenvalue weighted by Crippen LogP contribution is 2.68. The Labute approximate surface area is 242 Å². The number of aromatic nitrogens is 1. The summed E-state index contributed by atoms with van der Waals surface area (Å²) in [5.74, 6) is -1.17. The first kappa shape index (κ1) is 24.8. The summed E-state index contributed by atoms with van der Waals surface area (Å²) in [6.07, 6.45) is 0.807. The summed E-state index contributed by atoms with van der Waals surface area (Å²) in [5.41, 5.74) is 3.65. The highest BCUT2D eigenvalue weighted by molar-refractivity contribution is 8.00. The van der Waals surface area contributed by atoms with Crippen LogP contribution in [0.4, 0.5) is 11.4 Å². The van der Waals surface area contributed by atoms with Crippen molar-refractivity contribution in [3.8, 4) is 11.1 Å². The van der Waals surface area contributed by atoms with Crippen molar-refractivity contribution in [1.82, 2.24) is 4.98 Å². The lowest BCUT2D eigenvalue weighted by atomic mass is 9.68. The molecule has 10 heteroatoms. The van der Waals surface area contributed by atoms with Crippen molar-refractivity contribution in [3.05, 3.63) is 109 Å². The van der Waals surface area contributed by atoms with Gasteiger partial charge in [-0.15, -0.1) is 11.8 Å². The monoisotopic (exact) mass is 581 g/mol. The van der Waals surface area contributed by atoms with Gasteiger partial charge in [0, 0.05) is 28.2 Å². The van der Waals surface area contributed by atoms with Crippen LogP contribution in [0.25, 0.3) is 11.1 Å². The third kappa shape index (κ3) is 3.56. The fourth-order valence-corrected chi connectivity index (χ4v) is 10.8. The third-order valence-electron chi connectivity index (χ3n) is 9.42. The van der Waals surface area contributed by atoms with Crippen molar-refractivity contribution >= 4 is 46.3 Å². The molecule has 41 heavy (non-hydrogen) atoms. The van der Waals surface area contributed by atoms with Crippen LogP contribution in [0.15, 0.2) is 88.7 Å². The fourth-order valence-electron chi connectivity index (χ4n) is 7.88. The number of thiazole rings is 1. The van der Waals surface area contributed by atoms with E-state index in [1.165, 1.54) is 40.5 Å². The minimum atomic E-state index is -0.496. The molecule has 3 aromatic carbocycles. The third-order valence-corrected chi connectivity index (χ3v) is 12.0. The number of aromatic amines is 1. The van der Waals surface area contributed by atoms with Gasteiger partial charge in [-0.05, 0) is 53.0 Å². The number of anilines is 1. The zero-order valence-electron chi connectivity index (χ0n) is 21.5. The Morgan fingerprint density at radius 2 is 1.49 bits per heavy atom. The minimum absolute atomic E-state index is 0.00569. The summed E-state index contributed by atoms with van der Waals surface area (Å²) >= 11 is 2.91. The van der Waals surface area contributed by atoms with Crippen LogP contribution in [-0.2, 0) is 9.59 Å². The number of hydrogen-bond donors (Lipinski definition) is 1. The molecule has 0 unspecified atom stereocenters. The van der Waals surface area contributed by atoms with Gasteiger partial charge in [0.1, 0.15) is 0 Å². The van der Waals surface area contributed by atoms with Gasteiger partial charge in [-0.1, -0.05) is 65.9 Å². The fraction of sp³-hybridized carbons (Fsp3) is 0.258. The summed E-state index contributed by atoms with van der Waals surface area (Å²) in [5, 5.41) is 12.1. The number of carbonyl (C=O) groups excluding carboxylic acids is 2. The number of nitrogens with zero attached hydrogens (tertiary/aromatic N) is 2. The van der Waals surface area contributed by atoms with Gasteiger partial charge in [0.15, 0.2) is 0 Å². The lowest BCUT2D eigenvalue weighted by molar-refractivity contribution is -0.384. The van der Waals surface area contributed by atoms with E-state index >= 15 is 0 Å². The molecule has 2 aliphatic heterocycles. The number of amides is 2. The summed E-state index contributed by atoms with van der Waals surface area (Å²) < 4.78 is 0. The summed E-state index contributed by atoms with van der Waals surface area (Å²) in [6, 6.07) is 24.3. The predicted octanol–water partition coefficient (Wildman–Crippen LogP) is 5.69. The molecule has 2 amide bonds. The van der Waals surface area contributed by atoms with Gasteiger partial charge in [0.2, 0.25) is 11.8 Å². The van der Waals surface area contributed by atoms with Crippen molar-refractivity contribution in [3.63, 3.8) is 0 Å². The molecule has 4 aromatic rings. The normalized spacial score (nSPS) is 29.4. The second-order valence-corrected chi connectivity index (χ2v) is 13.4. The second kappa shape index (κ2) is 8.99. The van der Waals surface area contributed by atoms with E-state index in [0.717, 1.165) is 33.0 Å². The Morgan fingerprint density at radius 1 is 0.829 bits per heavy atom. The second-order valence-electron chi connectivity index (χ2n) is 11.2. The van der Waals surface area contributed by atoms with Crippen molar-refractivity contribution in [2.75, 3.05) is 4.90 Å². The van der Waals surface area contributed by atoms with Crippen LogP contribution in [0.2, 0.25) is 0 Å². The molecular formula is C31H23N3O5S2. The molecule has 3 fully saturated rings. The Kier molecular flexibility index (Phi) is 5.43. The molecule has 1 saturated heterocycles. The quantitative estimate of drug-likeness (QED) is 0.188. The number of carbonyl (C=O) groups is 2. The van der Waals surface area contributed by atoms with Crippen LogP contribution in [0.1, 0.15) is 22.8 Å².